The molecule has 0 fully saturated rings. The maximum atomic E-state index is 5.80. The number of aliphatic imine (C=N–C) groups is 1. The van der Waals surface area contributed by atoms with Crippen molar-refractivity contribution in [2.75, 3.05) is 6.54 Å². The summed E-state index contributed by atoms with van der Waals surface area (Å²) in [6.07, 6.45) is 3.77. The summed E-state index contributed by atoms with van der Waals surface area (Å²) in [7, 11) is 0. The van der Waals surface area contributed by atoms with Crippen molar-refractivity contribution in [2.45, 2.75) is 60.0 Å². The summed E-state index contributed by atoms with van der Waals surface area (Å²) in [4.78, 5) is 4.26. The van der Waals surface area contributed by atoms with Crippen molar-refractivity contribution in [3.05, 3.63) is 0 Å². The minimum absolute atomic E-state index is 0.0590. The molecule has 1 rings (SSSR count). The van der Waals surface area contributed by atoms with Gasteiger partial charge in [0.1, 0.15) is 5.60 Å². The Morgan fingerprint density at radius 2 is 1.53 bits per heavy atom. The van der Waals surface area contributed by atoms with Crippen molar-refractivity contribution in [2.24, 2.45) is 15.8 Å². The number of nitrogens with zero attached hydrogens (tertiary/aromatic N) is 1. The van der Waals surface area contributed by atoms with E-state index in [-0.39, 0.29) is 5.60 Å². The van der Waals surface area contributed by atoms with E-state index in [2.05, 4.69) is 46.5 Å². The molecule has 2 nitrogen and oxygen atoms in total. The summed E-state index contributed by atoms with van der Waals surface area (Å²) in [6.45, 7) is 14.4. The summed E-state index contributed by atoms with van der Waals surface area (Å²) in [5, 5.41) is 0. The van der Waals surface area contributed by atoms with Gasteiger partial charge in [-0.15, -0.1) is 0 Å². The van der Waals surface area contributed by atoms with Gasteiger partial charge in [0.05, 0.1) is 6.54 Å². The first kappa shape index (κ1) is 12.5. The number of hydrogen-bond acceptors (Lipinski definition) is 2. The molecule has 88 valence electrons. The Morgan fingerprint density at radius 1 is 1.07 bits per heavy atom. The Bertz CT molecular complexity index is 216. The quantitative estimate of drug-likeness (QED) is 0.683. The molecule has 0 amide bonds. The molecule has 2 heteroatoms. The van der Waals surface area contributed by atoms with Crippen molar-refractivity contribution < 1.29 is 4.74 Å². The average Bonchev–Trinajstić information content (AvgIpc) is 2.27. The van der Waals surface area contributed by atoms with Crippen molar-refractivity contribution in [1.29, 1.82) is 0 Å². The first-order valence-electron chi connectivity index (χ1n) is 5.78. The van der Waals surface area contributed by atoms with E-state index in [4.69, 9.17) is 4.74 Å². The highest BCUT2D eigenvalue weighted by Crippen LogP contribution is 2.39. The van der Waals surface area contributed by atoms with Crippen LogP contribution in [-0.4, -0.2) is 18.5 Å². The molecule has 0 radical (unpaired) electrons. The van der Waals surface area contributed by atoms with E-state index in [1.165, 1.54) is 0 Å². The molecule has 1 aliphatic rings. The zero-order valence-corrected chi connectivity index (χ0v) is 11.1. The lowest BCUT2D eigenvalue weighted by Crippen LogP contribution is -2.40. The fraction of sp³-hybridized carbons (Fsp3) is 0.923. The van der Waals surface area contributed by atoms with E-state index in [0.29, 0.717) is 10.8 Å². The molecule has 0 N–H and O–H groups in total. The molecule has 1 heterocycles. The van der Waals surface area contributed by atoms with E-state index < -0.39 is 0 Å². The largest absolute Gasteiger partial charge is 0.475 e. The average molecular weight is 211 g/mol. The Kier molecular flexibility index (Phi) is 3.18. The van der Waals surface area contributed by atoms with Crippen LogP contribution in [0.1, 0.15) is 54.4 Å². The Labute approximate surface area is 94.1 Å². The van der Waals surface area contributed by atoms with Gasteiger partial charge in [0.2, 0.25) is 0 Å². The van der Waals surface area contributed by atoms with Crippen molar-refractivity contribution in [1.82, 2.24) is 0 Å². The first-order chi connectivity index (χ1) is 6.62. The van der Waals surface area contributed by atoms with Crippen LogP contribution < -0.4 is 0 Å². The number of rotatable bonds is 2. The highest BCUT2D eigenvalue weighted by Gasteiger charge is 2.41. The lowest BCUT2D eigenvalue weighted by atomic mass is 9.74. The van der Waals surface area contributed by atoms with Gasteiger partial charge < -0.3 is 4.74 Å². The number of hydrogen-bond donors (Lipinski definition) is 0. The van der Waals surface area contributed by atoms with Crippen molar-refractivity contribution in [3.63, 3.8) is 0 Å². The van der Waals surface area contributed by atoms with Crippen LogP contribution >= 0.6 is 0 Å². The van der Waals surface area contributed by atoms with Gasteiger partial charge in [-0.3, -0.25) is 4.99 Å². The van der Waals surface area contributed by atoms with Crippen LogP contribution in [-0.2, 0) is 4.74 Å². The van der Waals surface area contributed by atoms with E-state index in [0.717, 1.165) is 19.4 Å². The fourth-order valence-electron chi connectivity index (χ4n) is 2.58. The third-order valence-electron chi connectivity index (χ3n) is 2.46. The lowest BCUT2D eigenvalue weighted by molar-refractivity contribution is 0.0109. The standard InChI is InChI=1S/C13H25NO/c1-11(2,3)7-13(8-12(4,5)6)9-14-10-15-13/h10H,7-9H2,1-6H3. The van der Waals surface area contributed by atoms with Crippen molar-refractivity contribution >= 4 is 6.40 Å². The molecular formula is C13H25NO. The zero-order chi connectivity index (χ0) is 11.7. The zero-order valence-electron chi connectivity index (χ0n) is 11.1. The minimum Gasteiger partial charge on any atom is -0.475 e. The van der Waals surface area contributed by atoms with Crippen LogP contribution in [0.5, 0.6) is 0 Å². The Balaban J connectivity index is 2.72. The third kappa shape index (κ3) is 4.23. The number of ether oxygens (including phenoxy) is 1. The second-order valence-corrected chi connectivity index (χ2v) is 7.22. The van der Waals surface area contributed by atoms with Crippen LogP contribution in [0, 0.1) is 10.8 Å². The normalized spacial score (nSPS) is 20.4. The molecular weight excluding hydrogens is 186 g/mol. The second kappa shape index (κ2) is 3.80. The molecule has 0 saturated heterocycles. The van der Waals surface area contributed by atoms with Crippen LogP contribution in [0.4, 0.5) is 0 Å². The van der Waals surface area contributed by atoms with Gasteiger partial charge in [0.15, 0.2) is 6.40 Å². The summed E-state index contributed by atoms with van der Waals surface area (Å²) in [5.74, 6) is 0. The van der Waals surface area contributed by atoms with Crippen LogP contribution in [0.3, 0.4) is 0 Å². The van der Waals surface area contributed by atoms with Gasteiger partial charge in [0, 0.05) is 0 Å². The maximum Gasteiger partial charge on any atom is 0.170 e. The molecule has 0 spiro atoms. The predicted octanol–water partition coefficient (Wildman–Crippen LogP) is 3.66. The minimum atomic E-state index is -0.0590. The van der Waals surface area contributed by atoms with Gasteiger partial charge in [-0.2, -0.15) is 0 Å². The SMILES string of the molecule is CC(C)(C)CC1(CC(C)(C)C)CN=CO1. The van der Waals surface area contributed by atoms with Gasteiger partial charge in [0.25, 0.3) is 0 Å². The summed E-state index contributed by atoms with van der Waals surface area (Å²) in [5.41, 5.74) is 0.522. The van der Waals surface area contributed by atoms with Crippen LogP contribution in [0.25, 0.3) is 0 Å². The first-order valence-corrected chi connectivity index (χ1v) is 5.78. The topological polar surface area (TPSA) is 21.6 Å². The van der Waals surface area contributed by atoms with Gasteiger partial charge in [-0.05, 0) is 23.7 Å². The summed E-state index contributed by atoms with van der Waals surface area (Å²) >= 11 is 0. The van der Waals surface area contributed by atoms with Gasteiger partial charge in [-0.1, -0.05) is 41.5 Å². The van der Waals surface area contributed by atoms with Crippen molar-refractivity contribution in [3.8, 4) is 0 Å². The third-order valence-corrected chi connectivity index (χ3v) is 2.46. The smallest absolute Gasteiger partial charge is 0.170 e. The summed E-state index contributed by atoms with van der Waals surface area (Å²) < 4.78 is 5.80. The van der Waals surface area contributed by atoms with E-state index in [1.807, 2.05) is 0 Å². The molecule has 0 unspecified atom stereocenters. The molecule has 0 aromatic rings. The molecule has 1 aliphatic heterocycles. The highest BCUT2D eigenvalue weighted by atomic mass is 16.5. The lowest BCUT2D eigenvalue weighted by Gasteiger charge is -2.38. The molecule has 0 aliphatic carbocycles. The highest BCUT2D eigenvalue weighted by molar-refractivity contribution is 5.50. The van der Waals surface area contributed by atoms with E-state index >= 15 is 0 Å². The molecule has 0 aromatic carbocycles. The monoisotopic (exact) mass is 211 g/mol. The molecule has 0 aromatic heterocycles. The Morgan fingerprint density at radius 3 is 1.80 bits per heavy atom. The van der Waals surface area contributed by atoms with Crippen LogP contribution in [0.15, 0.2) is 4.99 Å². The maximum absolute atomic E-state index is 5.80. The predicted molar refractivity (Wildman–Crippen MR) is 65.3 cm³/mol. The second-order valence-electron chi connectivity index (χ2n) is 7.22. The van der Waals surface area contributed by atoms with E-state index in [1.54, 1.807) is 6.40 Å². The molecule has 0 bridgehead atoms. The molecule has 0 atom stereocenters. The Hall–Kier alpha value is -0.530. The summed E-state index contributed by atoms with van der Waals surface area (Å²) in [6, 6.07) is 0. The fourth-order valence-corrected chi connectivity index (χ4v) is 2.58. The van der Waals surface area contributed by atoms with Crippen LogP contribution in [0.2, 0.25) is 0 Å². The molecule has 0 saturated carbocycles. The van der Waals surface area contributed by atoms with E-state index in [9.17, 15) is 0 Å². The van der Waals surface area contributed by atoms with Gasteiger partial charge >= 0.3 is 0 Å². The molecule has 15 heavy (non-hydrogen) atoms. The van der Waals surface area contributed by atoms with Gasteiger partial charge in [-0.25, -0.2) is 0 Å².